The lowest BCUT2D eigenvalue weighted by atomic mass is 10.1. The molecule has 0 unspecified atom stereocenters. The number of anilines is 2. The molecule has 1 amide bonds. The predicted molar refractivity (Wildman–Crippen MR) is 124 cm³/mol. The van der Waals surface area contributed by atoms with Gasteiger partial charge in [-0.15, -0.1) is 0 Å². The van der Waals surface area contributed by atoms with Crippen molar-refractivity contribution in [3.05, 3.63) is 56.4 Å². The van der Waals surface area contributed by atoms with Gasteiger partial charge in [0.1, 0.15) is 11.4 Å². The molecule has 32 heavy (non-hydrogen) atoms. The number of H-pyrrole nitrogens is 1. The Morgan fingerprint density at radius 3 is 2.75 bits per heavy atom. The zero-order chi connectivity index (χ0) is 23.4. The first kappa shape index (κ1) is 23.3. The molecule has 3 rings (SSSR count). The summed E-state index contributed by atoms with van der Waals surface area (Å²) in [5.74, 6) is -0.227. The molecule has 3 N–H and O–H groups in total. The van der Waals surface area contributed by atoms with Crippen LogP contribution in [0.3, 0.4) is 0 Å². The van der Waals surface area contributed by atoms with Gasteiger partial charge in [-0.25, -0.2) is 4.79 Å². The number of fused-ring (bicyclic) bond motifs is 1. The number of ether oxygens (including phenoxy) is 1. The van der Waals surface area contributed by atoms with E-state index < -0.39 is 11.2 Å². The van der Waals surface area contributed by atoms with Crippen molar-refractivity contribution in [2.24, 2.45) is 5.92 Å². The Morgan fingerprint density at radius 1 is 1.31 bits per heavy atom. The third-order valence-corrected chi connectivity index (χ3v) is 5.22. The third kappa shape index (κ3) is 4.94. The minimum absolute atomic E-state index is 0.0185. The van der Waals surface area contributed by atoms with Gasteiger partial charge in [-0.2, -0.15) is 0 Å². The number of rotatable bonds is 9. The highest BCUT2D eigenvalue weighted by molar-refractivity contribution is 5.98. The van der Waals surface area contributed by atoms with Crippen LogP contribution in [0.15, 0.2) is 38.5 Å². The molecule has 172 valence electrons. The first-order chi connectivity index (χ1) is 15.2. The van der Waals surface area contributed by atoms with Crippen molar-refractivity contribution in [1.29, 1.82) is 0 Å². The lowest BCUT2D eigenvalue weighted by Gasteiger charge is -2.25. The number of nitrogens with zero attached hydrogens (tertiary/aromatic N) is 2. The molecule has 9 nitrogen and oxygen atoms in total. The van der Waals surface area contributed by atoms with E-state index in [-0.39, 0.29) is 36.3 Å². The van der Waals surface area contributed by atoms with E-state index in [1.807, 2.05) is 39.0 Å². The number of carbonyl (C=O) groups is 1. The van der Waals surface area contributed by atoms with Crippen LogP contribution in [0.5, 0.6) is 0 Å². The second kappa shape index (κ2) is 9.86. The molecule has 0 aliphatic rings. The van der Waals surface area contributed by atoms with E-state index in [1.165, 1.54) is 9.47 Å². The molecule has 3 aromatic rings. The zero-order valence-corrected chi connectivity index (χ0v) is 18.9. The summed E-state index contributed by atoms with van der Waals surface area (Å²) in [6.07, 6.45) is 2.07. The molecule has 0 saturated carbocycles. The number of hydrogen-bond donors (Lipinski definition) is 2. The average molecular weight is 443 g/mol. The molecule has 0 aliphatic heterocycles. The summed E-state index contributed by atoms with van der Waals surface area (Å²) in [4.78, 5) is 42.1. The summed E-state index contributed by atoms with van der Waals surface area (Å²) < 4.78 is 12.0. The van der Waals surface area contributed by atoms with Crippen LogP contribution in [0.2, 0.25) is 0 Å². The van der Waals surface area contributed by atoms with Gasteiger partial charge < -0.3 is 19.8 Å². The topological polar surface area (TPSA) is 124 Å². The number of nitrogens with two attached hydrogens (primary N) is 1. The van der Waals surface area contributed by atoms with Gasteiger partial charge in [-0.1, -0.05) is 26.0 Å². The number of hydrogen-bond acceptors (Lipinski definition) is 6. The largest absolute Gasteiger partial charge is 0.464 e. The van der Waals surface area contributed by atoms with Crippen LogP contribution in [0.1, 0.15) is 31.4 Å². The zero-order valence-electron chi connectivity index (χ0n) is 18.9. The quantitative estimate of drug-likeness (QED) is 0.491. The molecule has 0 fully saturated rings. The molecule has 0 bridgehead atoms. The maximum Gasteiger partial charge on any atom is 0.330 e. The minimum Gasteiger partial charge on any atom is -0.464 e. The van der Waals surface area contributed by atoms with Crippen LogP contribution in [-0.4, -0.2) is 35.7 Å². The molecular formula is C23H30N4O5. The fraction of sp³-hybridized carbons (Fsp3) is 0.435. The monoisotopic (exact) mass is 442 g/mol. The van der Waals surface area contributed by atoms with Gasteiger partial charge in [-0.05, 0) is 30.9 Å². The molecule has 0 saturated heterocycles. The Bertz CT molecular complexity index is 1220. The number of furan rings is 1. The number of carbonyl (C=O) groups excluding carboxylic acids is 1. The molecule has 1 aromatic carbocycles. The second-order valence-corrected chi connectivity index (χ2v) is 8.33. The molecule has 2 aromatic heterocycles. The molecular weight excluding hydrogens is 412 g/mol. The highest BCUT2D eigenvalue weighted by Crippen LogP contribution is 2.25. The van der Waals surface area contributed by atoms with Crippen molar-refractivity contribution in [1.82, 2.24) is 9.55 Å². The Hall–Kier alpha value is -3.33. The van der Waals surface area contributed by atoms with E-state index in [2.05, 4.69) is 4.98 Å². The number of methoxy groups -OCH3 is 1. The predicted octanol–water partition coefficient (Wildman–Crippen LogP) is 2.44. The van der Waals surface area contributed by atoms with Gasteiger partial charge in [-0.3, -0.25) is 19.1 Å². The summed E-state index contributed by atoms with van der Waals surface area (Å²) in [5.41, 5.74) is 7.42. The Morgan fingerprint density at radius 2 is 2.06 bits per heavy atom. The molecule has 0 radical (unpaired) electrons. The first-order valence-corrected chi connectivity index (χ1v) is 10.6. The Kier molecular flexibility index (Phi) is 7.19. The van der Waals surface area contributed by atoms with Gasteiger partial charge >= 0.3 is 5.69 Å². The van der Waals surface area contributed by atoms with E-state index in [9.17, 15) is 14.4 Å². The van der Waals surface area contributed by atoms with Crippen LogP contribution < -0.4 is 21.9 Å². The standard InChI is InChI=1S/C23H30N4O5/c1-14(2)12-27-21(24)20(22(29)25-23(27)30)26(8-5-9-31-4)19(28)11-16-13-32-18-10-15(3)6-7-17(16)18/h6-7,10,13-14H,5,8-9,11-12,24H2,1-4H3,(H,25,29,30). The molecule has 0 aliphatic carbocycles. The Balaban J connectivity index is 2.01. The molecule has 0 atom stereocenters. The first-order valence-electron chi connectivity index (χ1n) is 10.6. The van der Waals surface area contributed by atoms with Crippen LogP contribution >= 0.6 is 0 Å². The van der Waals surface area contributed by atoms with Crippen LogP contribution in [0.4, 0.5) is 11.5 Å². The van der Waals surface area contributed by atoms with Gasteiger partial charge in [0.2, 0.25) is 5.91 Å². The number of amides is 1. The van der Waals surface area contributed by atoms with Crippen LogP contribution in [0, 0.1) is 12.8 Å². The summed E-state index contributed by atoms with van der Waals surface area (Å²) in [7, 11) is 1.57. The number of nitrogen functional groups attached to an aromatic ring is 1. The number of aryl methyl sites for hydroxylation is 1. The number of aromatic amines is 1. The van der Waals surface area contributed by atoms with Crippen molar-refractivity contribution >= 4 is 28.4 Å². The molecule has 0 spiro atoms. The fourth-order valence-electron chi connectivity index (χ4n) is 3.70. The summed E-state index contributed by atoms with van der Waals surface area (Å²) >= 11 is 0. The van der Waals surface area contributed by atoms with Crippen molar-refractivity contribution in [2.75, 3.05) is 30.9 Å². The van der Waals surface area contributed by atoms with E-state index in [4.69, 9.17) is 14.9 Å². The maximum absolute atomic E-state index is 13.4. The number of benzene rings is 1. The van der Waals surface area contributed by atoms with Crippen LogP contribution in [0.25, 0.3) is 11.0 Å². The second-order valence-electron chi connectivity index (χ2n) is 8.33. The molecule has 2 heterocycles. The normalized spacial score (nSPS) is 11.4. The number of nitrogens with one attached hydrogen (secondary N) is 1. The van der Waals surface area contributed by atoms with E-state index in [0.29, 0.717) is 30.7 Å². The van der Waals surface area contributed by atoms with Crippen molar-refractivity contribution in [3.63, 3.8) is 0 Å². The van der Waals surface area contributed by atoms with E-state index in [0.717, 1.165) is 10.9 Å². The van der Waals surface area contributed by atoms with Gasteiger partial charge in [0.05, 0.1) is 12.7 Å². The molecule has 9 heteroatoms. The third-order valence-electron chi connectivity index (χ3n) is 5.22. The lowest BCUT2D eigenvalue weighted by Crippen LogP contribution is -2.42. The average Bonchev–Trinajstić information content (AvgIpc) is 3.11. The number of aromatic nitrogens is 2. The van der Waals surface area contributed by atoms with Gasteiger partial charge in [0.25, 0.3) is 5.56 Å². The van der Waals surface area contributed by atoms with Crippen molar-refractivity contribution in [2.45, 2.75) is 40.2 Å². The van der Waals surface area contributed by atoms with Crippen molar-refractivity contribution < 1.29 is 13.9 Å². The highest BCUT2D eigenvalue weighted by Gasteiger charge is 2.25. The lowest BCUT2D eigenvalue weighted by molar-refractivity contribution is -0.118. The Labute approximate surface area is 185 Å². The van der Waals surface area contributed by atoms with Gasteiger partial charge in [0.15, 0.2) is 5.69 Å². The summed E-state index contributed by atoms with van der Waals surface area (Å²) in [5, 5.41) is 0.840. The van der Waals surface area contributed by atoms with E-state index >= 15 is 0 Å². The smallest absolute Gasteiger partial charge is 0.330 e. The van der Waals surface area contributed by atoms with E-state index in [1.54, 1.807) is 13.4 Å². The highest BCUT2D eigenvalue weighted by atomic mass is 16.5. The summed E-state index contributed by atoms with van der Waals surface area (Å²) in [6, 6.07) is 5.77. The van der Waals surface area contributed by atoms with Crippen molar-refractivity contribution in [3.8, 4) is 0 Å². The van der Waals surface area contributed by atoms with Crippen LogP contribution in [-0.2, 0) is 22.5 Å². The SMILES string of the molecule is COCCCN(C(=O)Cc1coc2cc(C)ccc12)c1c(N)n(CC(C)C)c(=O)[nH]c1=O. The van der Waals surface area contributed by atoms with Gasteiger partial charge in [0, 0.05) is 37.8 Å². The fourth-order valence-corrected chi connectivity index (χ4v) is 3.70. The summed E-state index contributed by atoms with van der Waals surface area (Å²) in [6.45, 7) is 6.77. The maximum atomic E-state index is 13.4. The minimum atomic E-state index is -0.689.